The summed E-state index contributed by atoms with van der Waals surface area (Å²) in [6.45, 7) is 0.241. The molecule has 1 fully saturated rings. The zero-order valence-corrected chi connectivity index (χ0v) is 13.3. The zero-order valence-electron chi connectivity index (χ0n) is 11.7. The second-order valence-corrected chi connectivity index (χ2v) is 6.87. The predicted octanol–water partition coefficient (Wildman–Crippen LogP) is 3.53. The highest BCUT2D eigenvalue weighted by Gasteiger charge is 2.37. The highest BCUT2D eigenvalue weighted by atomic mass is 35.5. The van der Waals surface area contributed by atoms with Crippen molar-refractivity contribution in [2.45, 2.75) is 18.9 Å². The van der Waals surface area contributed by atoms with E-state index < -0.39 is 6.09 Å². The van der Waals surface area contributed by atoms with Crippen molar-refractivity contribution in [3.8, 4) is 0 Å². The van der Waals surface area contributed by atoms with E-state index in [-0.39, 0.29) is 25.0 Å². The molecule has 0 N–H and O–H groups in total. The Morgan fingerprint density at radius 3 is 2.73 bits per heavy atom. The fourth-order valence-electron chi connectivity index (χ4n) is 2.48. The van der Waals surface area contributed by atoms with E-state index in [1.807, 2.05) is 30.3 Å². The summed E-state index contributed by atoms with van der Waals surface area (Å²) in [4.78, 5) is 26.4. The van der Waals surface area contributed by atoms with E-state index in [0.717, 1.165) is 10.4 Å². The van der Waals surface area contributed by atoms with Gasteiger partial charge in [-0.1, -0.05) is 41.9 Å². The molecule has 4 nitrogen and oxygen atoms in total. The van der Waals surface area contributed by atoms with E-state index in [1.54, 1.807) is 12.1 Å². The summed E-state index contributed by atoms with van der Waals surface area (Å²) in [6.07, 6.45) is 0.204. The molecule has 6 heteroatoms. The van der Waals surface area contributed by atoms with Crippen LogP contribution in [0.2, 0.25) is 4.34 Å². The first-order valence-corrected chi connectivity index (χ1v) is 8.10. The van der Waals surface area contributed by atoms with Crippen molar-refractivity contribution in [1.29, 1.82) is 0 Å². The summed E-state index contributed by atoms with van der Waals surface area (Å²) >= 11 is 7.22. The van der Waals surface area contributed by atoms with Gasteiger partial charge in [-0.05, 0) is 24.1 Å². The lowest BCUT2D eigenvalue weighted by molar-refractivity contribution is -0.128. The number of ether oxygens (including phenoxy) is 1. The first kappa shape index (κ1) is 15.1. The Morgan fingerprint density at radius 1 is 1.27 bits per heavy atom. The summed E-state index contributed by atoms with van der Waals surface area (Å²) in [6, 6.07) is 13.1. The van der Waals surface area contributed by atoms with Gasteiger partial charge in [0.2, 0.25) is 5.91 Å². The van der Waals surface area contributed by atoms with E-state index in [2.05, 4.69) is 0 Å². The summed E-state index contributed by atoms with van der Waals surface area (Å²) in [5, 5.41) is 0. The number of imide groups is 1. The van der Waals surface area contributed by atoms with E-state index >= 15 is 0 Å². The van der Waals surface area contributed by atoms with Gasteiger partial charge in [-0.3, -0.25) is 4.79 Å². The number of hydrogen-bond donors (Lipinski definition) is 0. The molecule has 1 aliphatic rings. The number of halogens is 1. The third-order valence-electron chi connectivity index (χ3n) is 3.50. The number of nitrogens with zero attached hydrogens (tertiary/aromatic N) is 1. The van der Waals surface area contributed by atoms with Crippen LogP contribution < -0.4 is 0 Å². The van der Waals surface area contributed by atoms with E-state index in [9.17, 15) is 9.59 Å². The minimum atomic E-state index is -0.561. The Morgan fingerprint density at radius 2 is 2.05 bits per heavy atom. The first-order chi connectivity index (χ1) is 10.6. The van der Waals surface area contributed by atoms with Crippen LogP contribution in [0, 0.1) is 0 Å². The molecule has 2 aromatic rings. The third kappa shape index (κ3) is 3.31. The van der Waals surface area contributed by atoms with Crippen molar-refractivity contribution in [3.63, 3.8) is 0 Å². The summed E-state index contributed by atoms with van der Waals surface area (Å²) in [5.41, 5.74) is 1.07. The first-order valence-electron chi connectivity index (χ1n) is 6.90. The molecule has 1 aromatic carbocycles. The molecule has 2 amide bonds. The SMILES string of the molecule is O=C(Cc1ccc(Cl)s1)N1C(=O)OC[C@H]1Cc1ccccc1. The van der Waals surface area contributed by atoms with Crippen LogP contribution in [-0.4, -0.2) is 29.5 Å². The fraction of sp³-hybridized carbons (Fsp3) is 0.250. The van der Waals surface area contributed by atoms with Crippen LogP contribution in [0.5, 0.6) is 0 Å². The van der Waals surface area contributed by atoms with E-state index in [1.165, 1.54) is 16.2 Å². The van der Waals surface area contributed by atoms with Crippen molar-refractivity contribution in [2.75, 3.05) is 6.61 Å². The van der Waals surface area contributed by atoms with Gasteiger partial charge in [-0.25, -0.2) is 9.69 Å². The molecule has 1 aromatic heterocycles. The Bertz CT molecular complexity index is 686. The van der Waals surface area contributed by atoms with Gasteiger partial charge in [0.15, 0.2) is 0 Å². The highest BCUT2D eigenvalue weighted by Crippen LogP contribution is 2.24. The molecule has 1 atom stereocenters. The summed E-state index contributed by atoms with van der Waals surface area (Å²) in [7, 11) is 0. The number of thiophene rings is 1. The molecule has 1 aliphatic heterocycles. The molecule has 1 saturated heterocycles. The Kier molecular flexibility index (Phi) is 4.45. The van der Waals surface area contributed by atoms with Gasteiger partial charge < -0.3 is 4.74 Å². The van der Waals surface area contributed by atoms with Crippen LogP contribution in [0.15, 0.2) is 42.5 Å². The van der Waals surface area contributed by atoms with Crippen LogP contribution in [0.1, 0.15) is 10.4 Å². The lowest BCUT2D eigenvalue weighted by atomic mass is 10.1. The van der Waals surface area contributed by atoms with Crippen LogP contribution in [-0.2, 0) is 22.4 Å². The maximum Gasteiger partial charge on any atom is 0.416 e. The van der Waals surface area contributed by atoms with Crippen molar-refractivity contribution >= 4 is 34.9 Å². The maximum absolute atomic E-state index is 12.4. The molecule has 22 heavy (non-hydrogen) atoms. The zero-order chi connectivity index (χ0) is 15.5. The van der Waals surface area contributed by atoms with Gasteiger partial charge >= 0.3 is 6.09 Å². The monoisotopic (exact) mass is 335 g/mol. The normalized spacial score (nSPS) is 17.6. The Balaban J connectivity index is 1.71. The molecule has 0 radical (unpaired) electrons. The van der Waals surface area contributed by atoms with Crippen LogP contribution in [0.25, 0.3) is 0 Å². The topological polar surface area (TPSA) is 46.6 Å². The molecular weight excluding hydrogens is 322 g/mol. The van der Waals surface area contributed by atoms with Crippen molar-refractivity contribution in [1.82, 2.24) is 4.90 Å². The minimum Gasteiger partial charge on any atom is -0.447 e. The van der Waals surface area contributed by atoms with Gasteiger partial charge in [0, 0.05) is 4.88 Å². The second kappa shape index (κ2) is 6.50. The molecule has 114 valence electrons. The lowest BCUT2D eigenvalue weighted by Crippen LogP contribution is -2.41. The van der Waals surface area contributed by atoms with Gasteiger partial charge in [0.25, 0.3) is 0 Å². The molecule has 0 unspecified atom stereocenters. The molecule has 0 saturated carbocycles. The molecule has 0 bridgehead atoms. The number of hydrogen-bond acceptors (Lipinski definition) is 4. The second-order valence-electron chi connectivity index (χ2n) is 5.07. The van der Waals surface area contributed by atoms with Crippen LogP contribution in [0.3, 0.4) is 0 Å². The lowest BCUT2D eigenvalue weighted by Gasteiger charge is -2.19. The molecule has 2 heterocycles. The fourth-order valence-corrected chi connectivity index (χ4v) is 3.56. The average molecular weight is 336 g/mol. The highest BCUT2D eigenvalue weighted by molar-refractivity contribution is 7.16. The molecule has 0 aliphatic carbocycles. The predicted molar refractivity (Wildman–Crippen MR) is 85.2 cm³/mol. The maximum atomic E-state index is 12.4. The summed E-state index contributed by atoms with van der Waals surface area (Å²) in [5.74, 6) is -0.248. The van der Waals surface area contributed by atoms with Crippen molar-refractivity contribution in [2.24, 2.45) is 0 Å². The van der Waals surface area contributed by atoms with E-state index in [4.69, 9.17) is 16.3 Å². The number of amides is 2. The molecular formula is C16H14ClNO3S. The van der Waals surface area contributed by atoms with Gasteiger partial charge in [0.05, 0.1) is 16.8 Å². The Hall–Kier alpha value is -1.85. The number of carbonyl (C=O) groups is 2. The Labute approximate surface area is 137 Å². The number of cyclic esters (lactones) is 1. The van der Waals surface area contributed by atoms with Crippen LogP contribution in [0.4, 0.5) is 4.79 Å². The van der Waals surface area contributed by atoms with E-state index in [0.29, 0.717) is 10.8 Å². The van der Waals surface area contributed by atoms with Gasteiger partial charge in [-0.2, -0.15) is 0 Å². The molecule has 3 rings (SSSR count). The smallest absolute Gasteiger partial charge is 0.416 e. The number of benzene rings is 1. The average Bonchev–Trinajstić information content (AvgIpc) is 3.06. The largest absolute Gasteiger partial charge is 0.447 e. The number of rotatable bonds is 4. The molecule has 0 spiro atoms. The van der Waals surface area contributed by atoms with Crippen LogP contribution >= 0.6 is 22.9 Å². The quantitative estimate of drug-likeness (QED) is 0.858. The van der Waals surface area contributed by atoms with Crippen molar-refractivity contribution in [3.05, 3.63) is 57.2 Å². The van der Waals surface area contributed by atoms with Crippen molar-refractivity contribution < 1.29 is 14.3 Å². The van der Waals surface area contributed by atoms with Gasteiger partial charge in [0.1, 0.15) is 6.61 Å². The summed E-state index contributed by atoms with van der Waals surface area (Å²) < 4.78 is 5.69. The third-order valence-corrected chi connectivity index (χ3v) is 4.73. The number of carbonyl (C=O) groups excluding carboxylic acids is 2. The van der Waals surface area contributed by atoms with Gasteiger partial charge in [-0.15, -0.1) is 11.3 Å². The standard InChI is InChI=1S/C16H14ClNO3S/c17-14-7-6-13(22-14)9-15(19)18-12(10-21-16(18)20)8-11-4-2-1-3-5-11/h1-7,12H,8-10H2/t12-/m1/s1. The minimum absolute atomic E-state index is 0.164.